The van der Waals surface area contributed by atoms with Crippen LogP contribution in [0.25, 0.3) is 0 Å². The predicted octanol–water partition coefficient (Wildman–Crippen LogP) is 2.47. The summed E-state index contributed by atoms with van der Waals surface area (Å²) in [7, 11) is 1.95. The maximum Gasteiger partial charge on any atom is 0.234 e. The number of halogens is 1. The van der Waals surface area contributed by atoms with Crippen LogP contribution in [-0.2, 0) is 11.3 Å². The van der Waals surface area contributed by atoms with Crippen molar-refractivity contribution in [3.63, 3.8) is 0 Å². The van der Waals surface area contributed by atoms with E-state index in [0.717, 1.165) is 11.0 Å². The summed E-state index contributed by atoms with van der Waals surface area (Å²) in [5.74, 6) is 0.0770. The first-order valence-electron chi connectivity index (χ1n) is 5.18. The fraction of sp³-hybridized carbons (Fsp3) is 0.545. The van der Waals surface area contributed by atoms with E-state index in [-0.39, 0.29) is 11.9 Å². The zero-order valence-electron chi connectivity index (χ0n) is 9.79. The molecule has 0 fully saturated rings. The molecule has 0 aliphatic rings. The highest BCUT2D eigenvalue weighted by molar-refractivity contribution is 9.10. The van der Waals surface area contributed by atoms with E-state index in [1.165, 1.54) is 4.88 Å². The van der Waals surface area contributed by atoms with E-state index in [0.29, 0.717) is 6.54 Å². The fourth-order valence-corrected chi connectivity index (χ4v) is 2.90. The Balaban J connectivity index is 2.35. The monoisotopic (exact) mass is 304 g/mol. The van der Waals surface area contributed by atoms with Gasteiger partial charge in [0.05, 0.1) is 6.54 Å². The van der Waals surface area contributed by atoms with Gasteiger partial charge in [0.15, 0.2) is 0 Å². The van der Waals surface area contributed by atoms with E-state index in [9.17, 15) is 4.79 Å². The largest absolute Gasteiger partial charge is 0.353 e. The average molecular weight is 305 g/mol. The average Bonchev–Trinajstić information content (AvgIpc) is 2.48. The van der Waals surface area contributed by atoms with Crippen LogP contribution in [0.15, 0.2) is 15.9 Å². The topological polar surface area (TPSA) is 32.3 Å². The first kappa shape index (κ1) is 13.7. The summed E-state index contributed by atoms with van der Waals surface area (Å²) < 4.78 is 1.10. The van der Waals surface area contributed by atoms with Crippen molar-refractivity contribution in [1.82, 2.24) is 10.2 Å². The van der Waals surface area contributed by atoms with Crippen molar-refractivity contribution in [3.8, 4) is 0 Å². The second kappa shape index (κ2) is 6.37. The molecule has 0 atom stereocenters. The van der Waals surface area contributed by atoms with Gasteiger partial charge in [0.25, 0.3) is 0 Å². The van der Waals surface area contributed by atoms with Gasteiger partial charge in [0, 0.05) is 27.3 Å². The zero-order chi connectivity index (χ0) is 12.1. The number of rotatable bonds is 5. The lowest BCUT2D eigenvalue weighted by atomic mass is 10.3. The summed E-state index contributed by atoms with van der Waals surface area (Å²) in [6.45, 7) is 5.18. The molecule has 1 N–H and O–H groups in total. The first-order valence-corrected chi connectivity index (χ1v) is 6.85. The van der Waals surface area contributed by atoms with Crippen LogP contribution in [0.4, 0.5) is 0 Å². The molecule has 3 nitrogen and oxygen atoms in total. The van der Waals surface area contributed by atoms with Crippen molar-refractivity contribution >= 4 is 33.2 Å². The Bertz CT molecular complexity index is 352. The SMILES string of the molecule is CC(C)NC(=O)CN(C)Cc1cc(Br)cs1. The number of amides is 1. The van der Waals surface area contributed by atoms with Crippen LogP contribution in [0.5, 0.6) is 0 Å². The molecule has 1 aromatic heterocycles. The van der Waals surface area contributed by atoms with Crippen molar-refractivity contribution in [1.29, 1.82) is 0 Å². The van der Waals surface area contributed by atoms with E-state index in [1.54, 1.807) is 11.3 Å². The molecule has 0 saturated heterocycles. The number of carbonyl (C=O) groups is 1. The Morgan fingerprint density at radius 3 is 2.81 bits per heavy atom. The van der Waals surface area contributed by atoms with Crippen LogP contribution in [0.3, 0.4) is 0 Å². The van der Waals surface area contributed by atoms with Gasteiger partial charge in [-0.3, -0.25) is 9.69 Å². The lowest BCUT2D eigenvalue weighted by molar-refractivity contribution is -0.122. The maximum atomic E-state index is 11.5. The highest BCUT2D eigenvalue weighted by atomic mass is 79.9. The maximum absolute atomic E-state index is 11.5. The summed E-state index contributed by atoms with van der Waals surface area (Å²) in [6, 6.07) is 2.29. The van der Waals surface area contributed by atoms with E-state index >= 15 is 0 Å². The predicted molar refractivity (Wildman–Crippen MR) is 71.6 cm³/mol. The molecular weight excluding hydrogens is 288 g/mol. The standard InChI is InChI=1S/C11H17BrN2OS/c1-8(2)13-11(15)6-14(3)5-10-4-9(12)7-16-10/h4,7-8H,5-6H2,1-3H3,(H,13,15). The molecule has 1 aromatic rings. The molecule has 0 radical (unpaired) electrons. The van der Waals surface area contributed by atoms with Gasteiger partial charge in [-0.05, 0) is 42.9 Å². The van der Waals surface area contributed by atoms with Crippen LogP contribution in [0.2, 0.25) is 0 Å². The third-order valence-corrected chi connectivity index (χ3v) is 3.59. The number of carbonyl (C=O) groups excluding carboxylic acids is 1. The molecule has 0 saturated carbocycles. The van der Waals surface area contributed by atoms with Crippen LogP contribution < -0.4 is 5.32 Å². The lowest BCUT2D eigenvalue weighted by Gasteiger charge is -2.16. The summed E-state index contributed by atoms with van der Waals surface area (Å²) in [5.41, 5.74) is 0. The van der Waals surface area contributed by atoms with Crippen molar-refractivity contribution in [2.24, 2.45) is 0 Å². The normalized spacial score (nSPS) is 11.1. The second-order valence-corrected chi connectivity index (χ2v) is 6.04. The van der Waals surface area contributed by atoms with Gasteiger partial charge in [-0.2, -0.15) is 0 Å². The molecule has 0 aliphatic carbocycles. The number of hydrogen-bond donors (Lipinski definition) is 1. The van der Waals surface area contributed by atoms with Crippen LogP contribution in [-0.4, -0.2) is 30.4 Å². The highest BCUT2D eigenvalue weighted by Crippen LogP contribution is 2.20. The minimum atomic E-state index is 0.0770. The van der Waals surface area contributed by atoms with Gasteiger partial charge in [-0.1, -0.05) is 0 Å². The summed E-state index contributed by atoms with van der Waals surface area (Å²) >= 11 is 5.12. The molecule has 0 aromatic carbocycles. The lowest BCUT2D eigenvalue weighted by Crippen LogP contribution is -2.38. The quantitative estimate of drug-likeness (QED) is 0.906. The van der Waals surface area contributed by atoms with Crippen molar-refractivity contribution in [2.45, 2.75) is 26.4 Å². The number of nitrogens with one attached hydrogen (secondary N) is 1. The number of nitrogens with zero attached hydrogens (tertiary/aromatic N) is 1. The summed E-state index contributed by atoms with van der Waals surface area (Å²) in [4.78, 5) is 14.8. The Kier molecular flexibility index (Phi) is 5.44. The molecule has 0 aliphatic heterocycles. The van der Waals surface area contributed by atoms with Gasteiger partial charge in [-0.15, -0.1) is 11.3 Å². The van der Waals surface area contributed by atoms with Crippen molar-refractivity contribution in [2.75, 3.05) is 13.6 Å². The molecule has 0 bridgehead atoms. The third-order valence-electron chi connectivity index (χ3n) is 1.91. The molecule has 1 rings (SSSR count). The van der Waals surface area contributed by atoms with Gasteiger partial charge >= 0.3 is 0 Å². The fourth-order valence-electron chi connectivity index (χ4n) is 1.37. The molecule has 1 amide bonds. The molecule has 16 heavy (non-hydrogen) atoms. The first-order chi connectivity index (χ1) is 7.47. The Hall–Kier alpha value is -0.390. The summed E-state index contributed by atoms with van der Waals surface area (Å²) in [6.07, 6.45) is 0. The number of hydrogen-bond acceptors (Lipinski definition) is 3. The van der Waals surface area contributed by atoms with Gasteiger partial charge in [-0.25, -0.2) is 0 Å². The van der Waals surface area contributed by atoms with E-state index < -0.39 is 0 Å². The van der Waals surface area contributed by atoms with E-state index in [2.05, 4.69) is 32.7 Å². The Morgan fingerprint density at radius 1 is 1.62 bits per heavy atom. The molecule has 0 unspecified atom stereocenters. The van der Waals surface area contributed by atoms with E-state index in [1.807, 2.05) is 25.8 Å². The van der Waals surface area contributed by atoms with Crippen molar-refractivity contribution in [3.05, 3.63) is 20.8 Å². The third kappa shape index (κ3) is 5.09. The minimum Gasteiger partial charge on any atom is -0.353 e. The molecular formula is C11H17BrN2OS. The summed E-state index contributed by atoms with van der Waals surface area (Å²) in [5, 5.41) is 4.93. The zero-order valence-corrected chi connectivity index (χ0v) is 12.2. The molecule has 0 spiro atoms. The minimum absolute atomic E-state index is 0.0770. The van der Waals surface area contributed by atoms with Gasteiger partial charge < -0.3 is 5.32 Å². The number of thiophene rings is 1. The van der Waals surface area contributed by atoms with Crippen LogP contribution >= 0.6 is 27.3 Å². The van der Waals surface area contributed by atoms with Crippen molar-refractivity contribution < 1.29 is 4.79 Å². The Labute approximate surface area is 109 Å². The second-order valence-electron chi connectivity index (χ2n) is 4.13. The van der Waals surface area contributed by atoms with Gasteiger partial charge in [0.2, 0.25) is 5.91 Å². The molecule has 1 heterocycles. The molecule has 5 heteroatoms. The van der Waals surface area contributed by atoms with Crippen LogP contribution in [0.1, 0.15) is 18.7 Å². The van der Waals surface area contributed by atoms with E-state index in [4.69, 9.17) is 0 Å². The van der Waals surface area contributed by atoms with Crippen LogP contribution in [0, 0.1) is 0 Å². The Morgan fingerprint density at radius 2 is 2.31 bits per heavy atom. The number of likely N-dealkylation sites (N-methyl/N-ethyl adjacent to an activating group) is 1. The molecule has 90 valence electrons. The highest BCUT2D eigenvalue weighted by Gasteiger charge is 2.08. The van der Waals surface area contributed by atoms with Gasteiger partial charge in [0.1, 0.15) is 0 Å². The smallest absolute Gasteiger partial charge is 0.234 e.